The Morgan fingerprint density at radius 1 is 1.42 bits per heavy atom. The normalized spacial score (nSPS) is 11.1. The Morgan fingerprint density at radius 3 is 2.50 bits per heavy atom. The highest BCUT2D eigenvalue weighted by Crippen LogP contribution is 1.83. The van der Waals surface area contributed by atoms with Crippen molar-refractivity contribution in [2.75, 3.05) is 19.8 Å². The monoisotopic (exact) mass is 174 g/mol. The topological polar surface area (TPSA) is 38.5 Å². The van der Waals surface area contributed by atoms with Gasteiger partial charge in [0.25, 0.3) is 6.54 Å². The third-order valence-electron chi connectivity index (χ3n) is 1.17. The molecular formula is C8H16NO3+. The molecule has 0 saturated carbocycles. The van der Waals surface area contributed by atoms with Crippen molar-refractivity contribution in [3.8, 4) is 0 Å². The van der Waals surface area contributed by atoms with Crippen LogP contribution in [0.2, 0.25) is 0 Å². The Morgan fingerprint density at radius 2 is 2.08 bits per heavy atom. The molecule has 0 aliphatic rings. The minimum absolute atomic E-state index is 0.151. The van der Waals surface area contributed by atoms with Gasteiger partial charge in [0, 0.05) is 6.92 Å². The lowest BCUT2D eigenvalue weighted by Crippen LogP contribution is -2.23. The average molecular weight is 174 g/mol. The van der Waals surface area contributed by atoms with Gasteiger partial charge < -0.3 is 4.74 Å². The van der Waals surface area contributed by atoms with E-state index in [1.165, 1.54) is 4.74 Å². The molecule has 0 N–H and O–H groups in total. The third kappa shape index (κ3) is 4.71. The SMILES string of the molecule is CC=[N+](CC(=O)OCC)OCC. The summed E-state index contributed by atoms with van der Waals surface area (Å²) in [5, 5.41) is 0. The summed E-state index contributed by atoms with van der Waals surface area (Å²) in [4.78, 5) is 16.0. The Hall–Kier alpha value is -1.06. The van der Waals surface area contributed by atoms with Gasteiger partial charge in [-0.3, -0.25) is 4.84 Å². The van der Waals surface area contributed by atoms with Crippen LogP contribution in [-0.2, 0) is 14.4 Å². The Labute approximate surface area is 72.7 Å². The maximum absolute atomic E-state index is 10.9. The van der Waals surface area contributed by atoms with E-state index in [1.54, 1.807) is 20.1 Å². The van der Waals surface area contributed by atoms with E-state index in [-0.39, 0.29) is 12.5 Å². The predicted molar refractivity (Wildman–Crippen MR) is 45.1 cm³/mol. The zero-order valence-electron chi connectivity index (χ0n) is 7.87. The second-order valence-corrected chi connectivity index (χ2v) is 2.06. The first-order chi connectivity index (χ1) is 5.74. The molecule has 0 aromatic carbocycles. The van der Waals surface area contributed by atoms with Crippen LogP contribution in [0.3, 0.4) is 0 Å². The molecule has 0 rings (SSSR count). The molecule has 12 heavy (non-hydrogen) atoms. The quantitative estimate of drug-likeness (QED) is 0.265. The van der Waals surface area contributed by atoms with Gasteiger partial charge in [-0.1, -0.05) is 0 Å². The van der Waals surface area contributed by atoms with Crippen molar-refractivity contribution in [3.05, 3.63) is 0 Å². The average Bonchev–Trinajstić information content (AvgIpc) is 2.04. The van der Waals surface area contributed by atoms with Crippen LogP contribution < -0.4 is 0 Å². The summed E-state index contributed by atoms with van der Waals surface area (Å²) in [7, 11) is 0. The molecule has 0 aliphatic carbocycles. The van der Waals surface area contributed by atoms with E-state index in [1.807, 2.05) is 6.92 Å². The number of nitrogens with zero attached hydrogens (tertiary/aromatic N) is 1. The van der Waals surface area contributed by atoms with Gasteiger partial charge in [-0.05, 0) is 18.6 Å². The lowest BCUT2D eigenvalue weighted by atomic mass is 10.6. The van der Waals surface area contributed by atoms with Crippen LogP contribution in [0.1, 0.15) is 20.8 Å². The molecule has 0 atom stereocenters. The first-order valence-electron chi connectivity index (χ1n) is 4.09. The maximum atomic E-state index is 10.9. The summed E-state index contributed by atoms with van der Waals surface area (Å²) in [6.07, 6.45) is 1.69. The van der Waals surface area contributed by atoms with Gasteiger partial charge >= 0.3 is 5.97 Å². The summed E-state index contributed by atoms with van der Waals surface area (Å²) in [6, 6.07) is 0. The van der Waals surface area contributed by atoms with E-state index in [9.17, 15) is 4.79 Å². The molecule has 0 amide bonds. The van der Waals surface area contributed by atoms with Crippen molar-refractivity contribution in [3.63, 3.8) is 0 Å². The van der Waals surface area contributed by atoms with Gasteiger partial charge in [0.15, 0.2) is 12.8 Å². The molecule has 0 bridgehead atoms. The number of hydrogen-bond acceptors (Lipinski definition) is 3. The van der Waals surface area contributed by atoms with Crippen LogP contribution >= 0.6 is 0 Å². The number of ether oxygens (including phenoxy) is 1. The van der Waals surface area contributed by atoms with Crippen molar-refractivity contribution >= 4 is 12.2 Å². The van der Waals surface area contributed by atoms with E-state index in [4.69, 9.17) is 9.57 Å². The number of rotatable bonds is 5. The van der Waals surface area contributed by atoms with Crippen LogP contribution in [0, 0.1) is 0 Å². The molecule has 0 aromatic rings. The second kappa shape index (κ2) is 6.64. The Kier molecular flexibility index (Phi) is 6.05. The van der Waals surface area contributed by atoms with E-state index in [0.29, 0.717) is 13.2 Å². The fourth-order valence-electron chi connectivity index (χ4n) is 0.711. The van der Waals surface area contributed by atoms with Crippen LogP contribution in [0.15, 0.2) is 0 Å². The Bertz CT molecular complexity index is 166. The lowest BCUT2D eigenvalue weighted by molar-refractivity contribution is -0.777. The van der Waals surface area contributed by atoms with E-state index in [2.05, 4.69) is 0 Å². The van der Waals surface area contributed by atoms with Gasteiger partial charge in [0.05, 0.1) is 6.61 Å². The van der Waals surface area contributed by atoms with Crippen molar-refractivity contribution in [1.82, 2.24) is 0 Å². The molecule has 0 spiro atoms. The summed E-state index contributed by atoms with van der Waals surface area (Å²) < 4.78 is 6.20. The molecule has 0 radical (unpaired) electrons. The molecule has 4 nitrogen and oxygen atoms in total. The van der Waals surface area contributed by atoms with Gasteiger partial charge in [-0.2, -0.15) is 0 Å². The van der Waals surface area contributed by atoms with Crippen molar-refractivity contribution < 1.29 is 19.1 Å². The predicted octanol–water partition coefficient (Wildman–Crippen LogP) is 0.604. The third-order valence-corrected chi connectivity index (χ3v) is 1.17. The van der Waals surface area contributed by atoms with E-state index in [0.717, 1.165) is 0 Å². The molecule has 4 heteroatoms. The van der Waals surface area contributed by atoms with Crippen molar-refractivity contribution in [2.24, 2.45) is 0 Å². The first kappa shape index (κ1) is 10.9. The molecular weight excluding hydrogens is 158 g/mol. The van der Waals surface area contributed by atoms with Crippen molar-refractivity contribution in [2.45, 2.75) is 20.8 Å². The number of carbonyl (C=O) groups excluding carboxylic acids is 1. The number of hydrogen-bond donors (Lipinski definition) is 0. The number of esters is 1. The fraction of sp³-hybridized carbons (Fsp3) is 0.750. The molecule has 0 saturated heterocycles. The highest BCUT2D eigenvalue weighted by atomic mass is 16.7. The van der Waals surface area contributed by atoms with Crippen LogP contribution in [0.5, 0.6) is 0 Å². The fourth-order valence-corrected chi connectivity index (χ4v) is 0.711. The summed E-state index contributed by atoms with van der Waals surface area (Å²) in [5.41, 5.74) is 0. The van der Waals surface area contributed by atoms with E-state index < -0.39 is 0 Å². The second-order valence-electron chi connectivity index (χ2n) is 2.06. The number of hydroxylamine groups is 1. The van der Waals surface area contributed by atoms with Gasteiger partial charge in [-0.15, -0.1) is 0 Å². The van der Waals surface area contributed by atoms with Crippen LogP contribution in [-0.4, -0.2) is 36.7 Å². The standard InChI is InChI=1S/C8H16NO3/c1-4-9(12-6-3)7-8(10)11-5-2/h4H,5-7H2,1-3H3/q+1. The first-order valence-corrected chi connectivity index (χ1v) is 4.09. The minimum atomic E-state index is -0.274. The van der Waals surface area contributed by atoms with Crippen LogP contribution in [0.25, 0.3) is 0 Å². The number of carbonyl (C=O) groups is 1. The highest BCUT2D eigenvalue weighted by Gasteiger charge is 2.12. The lowest BCUT2D eigenvalue weighted by Gasteiger charge is -2.00. The Balaban J connectivity index is 3.78. The molecule has 70 valence electrons. The summed E-state index contributed by atoms with van der Waals surface area (Å²) in [6.45, 7) is 6.54. The smallest absolute Gasteiger partial charge is 0.377 e. The molecule has 0 unspecified atom stereocenters. The van der Waals surface area contributed by atoms with Crippen molar-refractivity contribution in [1.29, 1.82) is 0 Å². The van der Waals surface area contributed by atoms with Crippen LogP contribution in [0.4, 0.5) is 0 Å². The minimum Gasteiger partial charge on any atom is -0.461 e. The van der Waals surface area contributed by atoms with Gasteiger partial charge in [-0.25, -0.2) is 4.79 Å². The summed E-state index contributed by atoms with van der Waals surface area (Å²) >= 11 is 0. The molecule has 0 fully saturated rings. The van der Waals surface area contributed by atoms with Gasteiger partial charge in [0.1, 0.15) is 0 Å². The summed E-state index contributed by atoms with van der Waals surface area (Å²) in [5.74, 6) is -0.274. The molecule has 0 aliphatic heterocycles. The molecule has 0 heterocycles. The van der Waals surface area contributed by atoms with Gasteiger partial charge in [0.2, 0.25) is 0 Å². The maximum Gasteiger partial charge on any atom is 0.377 e. The zero-order chi connectivity index (χ0) is 9.40. The zero-order valence-corrected chi connectivity index (χ0v) is 7.87. The van der Waals surface area contributed by atoms with E-state index >= 15 is 0 Å². The largest absolute Gasteiger partial charge is 0.461 e. The molecule has 0 aromatic heterocycles. The highest BCUT2D eigenvalue weighted by molar-refractivity contribution is 5.70.